The summed E-state index contributed by atoms with van der Waals surface area (Å²) in [6.45, 7) is 12.5. The van der Waals surface area contributed by atoms with E-state index in [1.807, 2.05) is 26.0 Å². The summed E-state index contributed by atoms with van der Waals surface area (Å²) in [5.41, 5.74) is -1.07. The Bertz CT molecular complexity index is 2360. The van der Waals surface area contributed by atoms with Gasteiger partial charge in [-0.3, -0.25) is 19.2 Å². The lowest BCUT2D eigenvalue weighted by molar-refractivity contribution is -0.221. The van der Waals surface area contributed by atoms with Gasteiger partial charge < -0.3 is 50.6 Å². The highest BCUT2D eigenvalue weighted by molar-refractivity contribution is 5.95. The highest BCUT2D eigenvalue weighted by Crippen LogP contribution is 2.50. The number of benzene rings is 3. The molecule has 0 radical (unpaired) electrons. The van der Waals surface area contributed by atoms with Crippen LogP contribution in [-0.4, -0.2) is 126 Å². The fraction of sp³-hybridized carbons (Fsp3) is 0.545. The van der Waals surface area contributed by atoms with Gasteiger partial charge in [-0.1, -0.05) is 105 Å². The average Bonchev–Trinajstić information content (AvgIpc) is 3.30. The third-order valence-corrected chi connectivity index (χ3v) is 12.5. The second-order valence-corrected chi connectivity index (χ2v) is 21.7. The van der Waals surface area contributed by atoms with Crippen molar-refractivity contribution in [3.8, 4) is 0 Å². The number of unbranched alkanes of at least 4 members (excludes halogenated alkanes) is 1. The monoisotopic (exact) mass is 1030 g/mol. The predicted octanol–water partition coefficient (Wildman–Crippen LogP) is 7.07. The number of alkyl halides is 2. The molecule has 5 N–H and O–H groups in total. The van der Waals surface area contributed by atoms with Gasteiger partial charge in [-0.05, 0) is 96.3 Å². The second kappa shape index (κ2) is 25.9. The molecule has 2 fully saturated rings. The molecule has 2 heterocycles. The number of halogens is 2. The highest BCUT2D eigenvalue weighted by atomic mass is 19.3. The highest BCUT2D eigenvalue weighted by Gasteiger charge is 2.64. The molecule has 3 aromatic carbocycles. The van der Waals surface area contributed by atoms with Crippen LogP contribution in [0.5, 0.6) is 0 Å². The third kappa shape index (κ3) is 18.0. The molecule has 0 aliphatic carbocycles. The van der Waals surface area contributed by atoms with Crippen molar-refractivity contribution < 1.29 is 56.6 Å². The van der Waals surface area contributed by atoms with E-state index in [0.717, 1.165) is 10.5 Å². The zero-order valence-corrected chi connectivity index (χ0v) is 44.0. The smallest absolute Gasteiger partial charge is 0.410 e. The van der Waals surface area contributed by atoms with E-state index in [1.54, 1.807) is 120 Å². The predicted molar refractivity (Wildman–Crippen MR) is 274 cm³/mol. The fourth-order valence-electron chi connectivity index (χ4n) is 8.76. The normalized spacial score (nSPS) is 16.6. The topological polar surface area (TPSA) is 214 Å². The Balaban J connectivity index is 1.32. The Morgan fingerprint density at radius 2 is 1.07 bits per heavy atom. The Morgan fingerprint density at radius 3 is 1.58 bits per heavy atom. The number of amides is 7. The Labute approximate surface area is 433 Å². The number of ether oxygens (including phenoxy) is 3. The minimum absolute atomic E-state index is 0.00530. The number of nitrogens with one attached hydrogen (secondary N) is 5. The molecule has 19 heteroatoms. The summed E-state index contributed by atoms with van der Waals surface area (Å²) in [4.78, 5) is 98.1. The molecule has 0 unspecified atom stereocenters. The number of carbonyl (C=O) groups excluding carboxylic acids is 7. The van der Waals surface area contributed by atoms with Crippen LogP contribution in [0.25, 0.3) is 0 Å². The lowest BCUT2D eigenvalue weighted by atomic mass is 9.69. The summed E-state index contributed by atoms with van der Waals surface area (Å²) in [7, 11) is 0. The van der Waals surface area contributed by atoms with Gasteiger partial charge in [-0.25, -0.2) is 23.2 Å². The largest absolute Gasteiger partial charge is 0.445 e. The number of likely N-dealkylation sites (tertiary alicyclic amines) is 2. The van der Waals surface area contributed by atoms with Crippen LogP contribution in [0.4, 0.5) is 23.2 Å². The number of hydrogen-bond donors (Lipinski definition) is 5. The van der Waals surface area contributed by atoms with Gasteiger partial charge in [0.2, 0.25) is 23.6 Å². The molecule has 7 amide bonds. The van der Waals surface area contributed by atoms with Crippen molar-refractivity contribution in [3.63, 3.8) is 0 Å². The van der Waals surface area contributed by atoms with E-state index in [-0.39, 0.29) is 70.8 Å². The fourth-order valence-corrected chi connectivity index (χ4v) is 8.76. The van der Waals surface area contributed by atoms with Crippen molar-refractivity contribution in [2.45, 2.75) is 148 Å². The first-order valence-corrected chi connectivity index (χ1v) is 25.4. The van der Waals surface area contributed by atoms with E-state index in [0.29, 0.717) is 24.0 Å². The average molecular weight is 1030 g/mol. The number of rotatable bonds is 21. The van der Waals surface area contributed by atoms with Crippen LogP contribution in [0.2, 0.25) is 0 Å². The number of nitrogens with zero attached hydrogens (tertiary/aromatic N) is 2. The van der Waals surface area contributed by atoms with Gasteiger partial charge in [0, 0.05) is 39.0 Å². The van der Waals surface area contributed by atoms with E-state index in [4.69, 9.17) is 14.2 Å². The van der Waals surface area contributed by atoms with Crippen molar-refractivity contribution in [2.75, 3.05) is 32.7 Å². The van der Waals surface area contributed by atoms with E-state index in [1.165, 1.54) is 4.90 Å². The van der Waals surface area contributed by atoms with Crippen LogP contribution in [0.15, 0.2) is 91.0 Å². The SMILES string of the molecule is CC(C)C[C@@H](NC(=O)[C@@H](Cc1ccccc1)NC(=O)[C@@H](Cc1ccccc1)NC(=O)OC(C)(C)C)C(=O)N[C@H](CCCCNC(=O)OC(C)(C)C)C(=O)N1CC2(CCN(C(=O)OCc3ccccc3)CC2(F)F)C1. The Hall–Kier alpha value is -6.79. The first kappa shape index (κ1) is 58.1. The van der Waals surface area contributed by atoms with Crippen molar-refractivity contribution in [1.29, 1.82) is 0 Å². The van der Waals surface area contributed by atoms with E-state index in [2.05, 4.69) is 26.6 Å². The maximum Gasteiger partial charge on any atom is 0.410 e. The third-order valence-electron chi connectivity index (χ3n) is 12.5. The molecule has 0 saturated carbocycles. The molecule has 3 aromatic rings. The number of piperidine rings is 1. The summed E-state index contributed by atoms with van der Waals surface area (Å²) < 4.78 is 48.3. The minimum Gasteiger partial charge on any atom is -0.445 e. The maximum absolute atomic E-state index is 16.1. The first-order chi connectivity index (χ1) is 34.8. The first-order valence-electron chi connectivity index (χ1n) is 25.4. The number of carbonyl (C=O) groups is 7. The zero-order chi connectivity index (χ0) is 54.3. The van der Waals surface area contributed by atoms with Gasteiger partial charge in [-0.15, -0.1) is 0 Å². The van der Waals surface area contributed by atoms with Gasteiger partial charge in [0.05, 0.1) is 12.0 Å². The molecule has 2 aliphatic rings. The van der Waals surface area contributed by atoms with Crippen LogP contribution in [0.1, 0.15) is 104 Å². The molecule has 17 nitrogen and oxygen atoms in total. The van der Waals surface area contributed by atoms with Gasteiger partial charge in [0.25, 0.3) is 5.92 Å². The number of alkyl carbamates (subject to hydrolysis) is 2. The number of hydrogen-bond acceptors (Lipinski definition) is 10. The van der Waals surface area contributed by atoms with Gasteiger partial charge in [-0.2, -0.15) is 0 Å². The minimum atomic E-state index is -3.37. The quantitative estimate of drug-likeness (QED) is 0.0541. The summed E-state index contributed by atoms with van der Waals surface area (Å²) in [5.74, 6) is -6.23. The molecule has 0 bridgehead atoms. The summed E-state index contributed by atoms with van der Waals surface area (Å²) >= 11 is 0. The lowest BCUT2D eigenvalue weighted by Crippen LogP contribution is -2.72. The molecule has 404 valence electrons. The molecule has 4 atom stereocenters. The van der Waals surface area contributed by atoms with Gasteiger partial charge >= 0.3 is 18.3 Å². The van der Waals surface area contributed by atoms with Crippen LogP contribution < -0.4 is 26.6 Å². The molecular weight excluding hydrogens is 957 g/mol. The molecule has 2 aliphatic heterocycles. The molecule has 0 aromatic heterocycles. The Morgan fingerprint density at radius 1 is 0.595 bits per heavy atom. The standard InChI is InChI=1S/C55H75F2N7O10/c1-37(2)30-42(60-46(66)43(31-38-20-12-9-13-21-38)61-47(67)44(32-39-22-14-10-15-23-39)62-50(70)74-53(6,7)8)45(65)59-41(26-18-19-28-58-49(69)73-52(3,4)5)48(68)64-34-54(35-64)27-29-63(36-55(54,56)57)51(71)72-33-40-24-16-11-17-25-40/h9-17,20-25,37,41-44H,18-19,26-36H2,1-8H3,(H,58,69)(H,59,65)(H,60,66)(H,61,67)(H,62,70)/t41-,42-,43-,44-/m1/s1. The van der Waals surface area contributed by atoms with Crippen molar-refractivity contribution in [1.82, 2.24) is 36.4 Å². The van der Waals surface area contributed by atoms with Crippen LogP contribution in [0.3, 0.4) is 0 Å². The molecular formula is C55H75F2N7O10. The molecule has 2 saturated heterocycles. The van der Waals surface area contributed by atoms with Crippen molar-refractivity contribution in [2.24, 2.45) is 11.3 Å². The Kier molecular flexibility index (Phi) is 20.4. The van der Waals surface area contributed by atoms with Gasteiger partial charge in [0.1, 0.15) is 42.0 Å². The van der Waals surface area contributed by atoms with E-state index in [9.17, 15) is 33.6 Å². The summed E-state index contributed by atoms with van der Waals surface area (Å²) in [6, 6.07) is 21.9. The summed E-state index contributed by atoms with van der Waals surface area (Å²) in [6.07, 6.45) is -1.48. The van der Waals surface area contributed by atoms with Crippen LogP contribution in [0, 0.1) is 11.3 Å². The maximum atomic E-state index is 16.1. The molecule has 1 spiro atoms. The zero-order valence-electron chi connectivity index (χ0n) is 44.0. The summed E-state index contributed by atoms with van der Waals surface area (Å²) in [5, 5.41) is 13.8. The second-order valence-electron chi connectivity index (χ2n) is 21.7. The van der Waals surface area contributed by atoms with Gasteiger partial charge in [0.15, 0.2) is 0 Å². The van der Waals surface area contributed by atoms with Crippen molar-refractivity contribution in [3.05, 3.63) is 108 Å². The molecule has 5 rings (SSSR count). The van der Waals surface area contributed by atoms with E-state index < -0.39 is 95.2 Å². The van der Waals surface area contributed by atoms with Crippen LogP contribution >= 0.6 is 0 Å². The lowest BCUT2D eigenvalue weighted by Gasteiger charge is -2.57. The van der Waals surface area contributed by atoms with Crippen LogP contribution in [-0.2, 0) is 52.8 Å². The van der Waals surface area contributed by atoms with Crippen molar-refractivity contribution >= 4 is 41.9 Å². The van der Waals surface area contributed by atoms with E-state index >= 15 is 8.78 Å². The molecule has 74 heavy (non-hydrogen) atoms.